The molecule has 1 aromatic carbocycles. The third kappa shape index (κ3) is 4.36. The van der Waals surface area contributed by atoms with Crippen LogP contribution in [0.1, 0.15) is 43.4 Å². The van der Waals surface area contributed by atoms with E-state index in [1.807, 2.05) is 0 Å². The first kappa shape index (κ1) is 22.7. The van der Waals surface area contributed by atoms with E-state index < -0.39 is 24.6 Å². The molecule has 0 atom stereocenters. The molecule has 2 aromatic rings. The first-order chi connectivity index (χ1) is 13.3. The molecule has 0 unspecified atom stereocenters. The molecule has 0 saturated carbocycles. The second-order valence-electron chi connectivity index (χ2n) is 6.61. The monoisotopic (exact) mass is 424 g/mol. The van der Waals surface area contributed by atoms with Crippen LogP contribution in [0.4, 0.5) is 26.3 Å². The Morgan fingerprint density at radius 3 is 2.24 bits per heavy atom. The lowest BCUT2D eigenvalue weighted by molar-refractivity contribution is -0.377. The topological polar surface area (TPSA) is 72.5 Å². The fourth-order valence-electron chi connectivity index (χ4n) is 2.70. The van der Waals surface area contributed by atoms with E-state index in [0.717, 1.165) is 4.68 Å². The van der Waals surface area contributed by atoms with E-state index in [9.17, 15) is 31.5 Å². The summed E-state index contributed by atoms with van der Waals surface area (Å²) in [7, 11) is 0. The summed E-state index contributed by atoms with van der Waals surface area (Å²) in [6.07, 6.45) is -8.93. The Labute approximate surface area is 161 Å². The van der Waals surface area contributed by atoms with Crippen molar-refractivity contribution in [2.75, 3.05) is 0 Å². The lowest BCUT2D eigenvalue weighted by atomic mass is 9.91. The standard InChI is InChI=1S/C17H18F6N4O2/c1-10(2)13-11(7-29-15(3,16(18,19)20)17(21,22)23)5-4-6-12(13)14(26-28)27-9-24-8-25-27/h4-6,8-10,28H,7H2,1-3H3. The van der Waals surface area contributed by atoms with Gasteiger partial charge in [0.05, 0.1) is 6.61 Å². The first-order valence-corrected chi connectivity index (χ1v) is 8.30. The summed E-state index contributed by atoms with van der Waals surface area (Å²) in [6, 6.07) is 4.26. The Balaban J connectivity index is 2.50. The SMILES string of the molecule is CC(C)c1c(COC(C)(C(F)(F)F)C(F)(F)F)cccc1C(=NO)n1cncn1. The van der Waals surface area contributed by atoms with Crippen LogP contribution in [0.15, 0.2) is 36.0 Å². The van der Waals surface area contributed by atoms with Gasteiger partial charge in [0.15, 0.2) is 0 Å². The van der Waals surface area contributed by atoms with E-state index in [1.54, 1.807) is 13.8 Å². The van der Waals surface area contributed by atoms with Gasteiger partial charge in [-0.05, 0) is 24.0 Å². The zero-order valence-corrected chi connectivity index (χ0v) is 15.6. The van der Waals surface area contributed by atoms with Gasteiger partial charge in [0.25, 0.3) is 5.60 Å². The van der Waals surface area contributed by atoms with Crippen molar-refractivity contribution in [3.05, 3.63) is 47.5 Å². The fourth-order valence-corrected chi connectivity index (χ4v) is 2.70. The average molecular weight is 424 g/mol. The molecular formula is C17H18F6N4O2. The molecule has 0 bridgehead atoms. The zero-order chi connectivity index (χ0) is 22.0. The molecule has 6 nitrogen and oxygen atoms in total. The van der Waals surface area contributed by atoms with Crippen molar-refractivity contribution in [3.63, 3.8) is 0 Å². The van der Waals surface area contributed by atoms with Gasteiger partial charge in [-0.15, -0.1) is 0 Å². The number of nitrogens with zero attached hydrogens (tertiary/aromatic N) is 4. The summed E-state index contributed by atoms with van der Waals surface area (Å²) < 4.78 is 84.1. The number of ether oxygens (including phenoxy) is 1. The van der Waals surface area contributed by atoms with Crippen LogP contribution in [0.5, 0.6) is 0 Å². The number of aromatic nitrogens is 3. The van der Waals surface area contributed by atoms with E-state index >= 15 is 0 Å². The summed E-state index contributed by atoms with van der Waals surface area (Å²) >= 11 is 0. The molecule has 1 aromatic heterocycles. The molecule has 0 saturated heterocycles. The molecule has 1 N–H and O–H groups in total. The fraction of sp³-hybridized carbons (Fsp3) is 0.471. The minimum Gasteiger partial charge on any atom is -0.409 e. The van der Waals surface area contributed by atoms with E-state index in [0.29, 0.717) is 5.56 Å². The lowest BCUT2D eigenvalue weighted by Crippen LogP contribution is -2.56. The van der Waals surface area contributed by atoms with Crippen molar-refractivity contribution in [2.24, 2.45) is 5.16 Å². The molecule has 0 spiro atoms. The number of halogens is 6. The molecule has 29 heavy (non-hydrogen) atoms. The quantitative estimate of drug-likeness (QED) is 0.253. The van der Waals surface area contributed by atoms with E-state index in [2.05, 4.69) is 20.0 Å². The van der Waals surface area contributed by atoms with Crippen LogP contribution in [0.25, 0.3) is 0 Å². The largest absolute Gasteiger partial charge is 0.426 e. The summed E-state index contributed by atoms with van der Waals surface area (Å²) in [5.74, 6) is -0.449. The molecule has 0 radical (unpaired) electrons. The number of hydrogen-bond donors (Lipinski definition) is 1. The van der Waals surface area contributed by atoms with Crippen molar-refractivity contribution in [2.45, 2.75) is 51.2 Å². The summed E-state index contributed by atoms with van der Waals surface area (Å²) in [6.45, 7) is 2.35. The van der Waals surface area contributed by atoms with Gasteiger partial charge in [-0.1, -0.05) is 37.2 Å². The van der Waals surface area contributed by atoms with Crippen molar-refractivity contribution >= 4 is 5.84 Å². The van der Waals surface area contributed by atoms with Crippen LogP contribution in [0, 0.1) is 0 Å². The number of oxime groups is 1. The van der Waals surface area contributed by atoms with Gasteiger partial charge >= 0.3 is 12.4 Å². The summed E-state index contributed by atoms with van der Waals surface area (Å²) in [5, 5.41) is 16.4. The highest BCUT2D eigenvalue weighted by molar-refractivity contribution is 6.01. The van der Waals surface area contributed by atoms with Crippen LogP contribution in [0.2, 0.25) is 0 Å². The average Bonchev–Trinajstić information content (AvgIpc) is 3.12. The van der Waals surface area contributed by atoms with Crippen LogP contribution in [-0.4, -0.2) is 43.8 Å². The van der Waals surface area contributed by atoms with Gasteiger partial charge in [0.1, 0.15) is 12.7 Å². The molecule has 0 aliphatic rings. The normalized spacial score (nSPS) is 13.9. The van der Waals surface area contributed by atoms with Crippen LogP contribution in [0.3, 0.4) is 0 Å². The van der Waals surface area contributed by atoms with E-state index in [1.165, 1.54) is 30.9 Å². The Morgan fingerprint density at radius 2 is 1.79 bits per heavy atom. The Bertz CT molecular complexity index is 846. The number of hydrogen-bond acceptors (Lipinski definition) is 5. The molecule has 160 valence electrons. The van der Waals surface area contributed by atoms with Gasteiger partial charge in [0.2, 0.25) is 5.84 Å². The predicted molar refractivity (Wildman–Crippen MR) is 89.6 cm³/mol. The molecular weight excluding hydrogens is 406 g/mol. The molecule has 0 fully saturated rings. The van der Waals surface area contributed by atoms with Crippen molar-refractivity contribution < 1.29 is 36.3 Å². The Morgan fingerprint density at radius 1 is 1.17 bits per heavy atom. The highest BCUT2D eigenvalue weighted by Crippen LogP contribution is 2.46. The smallest absolute Gasteiger partial charge is 0.409 e. The molecule has 2 rings (SSSR count). The van der Waals surface area contributed by atoms with Gasteiger partial charge in [-0.3, -0.25) is 0 Å². The maximum absolute atomic E-state index is 13.1. The maximum atomic E-state index is 13.1. The van der Waals surface area contributed by atoms with Crippen molar-refractivity contribution in [1.29, 1.82) is 0 Å². The minimum absolute atomic E-state index is 0.0537. The highest BCUT2D eigenvalue weighted by Gasteiger charge is 2.69. The summed E-state index contributed by atoms with van der Waals surface area (Å²) in [5.41, 5.74) is -3.65. The first-order valence-electron chi connectivity index (χ1n) is 8.30. The third-order valence-corrected chi connectivity index (χ3v) is 4.34. The molecule has 12 heteroatoms. The number of benzene rings is 1. The Hall–Kier alpha value is -2.63. The third-order valence-electron chi connectivity index (χ3n) is 4.34. The van der Waals surface area contributed by atoms with Gasteiger partial charge < -0.3 is 9.94 Å². The van der Waals surface area contributed by atoms with Crippen LogP contribution >= 0.6 is 0 Å². The highest BCUT2D eigenvalue weighted by atomic mass is 19.4. The predicted octanol–water partition coefficient (Wildman–Crippen LogP) is 4.49. The maximum Gasteiger partial charge on any atom is 0.426 e. The van der Waals surface area contributed by atoms with Crippen molar-refractivity contribution in [3.8, 4) is 0 Å². The number of alkyl halides is 6. The Kier molecular flexibility index (Phi) is 6.26. The second kappa shape index (κ2) is 8.01. The van der Waals surface area contributed by atoms with Crippen molar-refractivity contribution in [1.82, 2.24) is 14.8 Å². The molecule has 0 amide bonds. The molecule has 0 aliphatic heterocycles. The minimum atomic E-state index is -5.67. The summed E-state index contributed by atoms with van der Waals surface area (Å²) in [4.78, 5) is 3.72. The molecule has 0 aliphatic carbocycles. The lowest BCUT2D eigenvalue weighted by Gasteiger charge is -2.34. The van der Waals surface area contributed by atoms with Gasteiger partial charge in [-0.25, -0.2) is 4.98 Å². The second-order valence-corrected chi connectivity index (χ2v) is 6.61. The zero-order valence-electron chi connectivity index (χ0n) is 15.6. The number of rotatable bonds is 5. The van der Waals surface area contributed by atoms with E-state index in [-0.39, 0.29) is 29.8 Å². The van der Waals surface area contributed by atoms with E-state index in [4.69, 9.17) is 0 Å². The van der Waals surface area contributed by atoms with Crippen LogP contribution in [-0.2, 0) is 11.3 Å². The van der Waals surface area contributed by atoms with Gasteiger partial charge in [-0.2, -0.15) is 36.1 Å². The van der Waals surface area contributed by atoms with Gasteiger partial charge in [0, 0.05) is 5.56 Å². The van der Waals surface area contributed by atoms with Crippen LogP contribution < -0.4 is 0 Å². The molecule has 1 heterocycles.